The Balaban J connectivity index is 3.58. The van der Waals surface area contributed by atoms with Crippen molar-refractivity contribution in [1.29, 1.82) is 0 Å². The predicted octanol–water partition coefficient (Wildman–Crippen LogP) is 0.571. The Bertz CT molecular complexity index is 552. The molecule has 0 aliphatic carbocycles. The molecule has 1 aromatic rings. The van der Waals surface area contributed by atoms with Crippen molar-refractivity contribution >= 4 is 23.8 Å². The van der Waals surface area contributed by atoms with Crippen molar-refractivity contribution in [2.45, 2.75) is 6.92 Å². The highest BCUT2D eigenvalue weighted by atomic mass is 16.3. The van der Waals surface area contributed by atoms with E-state index >= 15 is 0 Å². The number of nitrogens with zero attached hydrogens (tertiary/aromatic N) is 1. The van der Waals surface area contributed by atoms with Crippen LogP contribution in [0.15, 0.2) is 6.07 Å². The largest absolute Gasteiger partial charge is 0.504 e. The first-order valence-electron chi connectivity index (χ1n) is 5.33. The second-order valence-electron chi connectivity index (χ2n) is 4.08. The number of carbonyl (C=O) groups excluding carboxylic acids is 3. The highest BCUT2D eigenvalue weighted by Crippen LogP contribution is 2.36. The number of hydrogen-bond acceptors (Lipinski definition) is 5. The van der Waals surface area contributed by atoms with Crippen LogP contribution in [0.25, 0.3) is 0 Å². The van der Waals surface area contributed by atoms with Crippen LogP contribution >= 0.6 is 0 Å². The van der Waals surface area contributed by atoms with E-state index in [0.29, 0.717) is 6.29 Å². The topological polar surface area (TPSA) is 107 Å². The third-order valence-electron chi connectivity index (χ3n) is 2.37. The Morgan fingerprint density at radius 3 is 2.32 bits per heavy atom. The number of aldehydes is 1. The van der Waals surface area contributed by atoms with Crippen LogP contribution in [0, 0.1) is 0 Å². The summed E-state index contributed by atoms with van der Waals surface area (Å²) in [6, 6.07) is 1.01. The van der Waals surface area contributed by atoms with E-state index in [9.17, 15) is 24.6 Å². The summed E-state index contributed by atoms with van der Waals surface area (Å²) in [5.74, 6) is -2.44. The van der Waals surface area contributed by atoms with Crippen LogP contribution in [0.1, 0.15) is 27.6 Å². The number of aromatic hydroxyl groups is 2. The van der Waals surface area contributed by atoms with Gasteiger partial charge in [0.2, 0.25) is 5.91 Å². The van der Waals surface area contributed by atoms with E-state index in [1.54, 1.807) is 0 Å². The molecule has 0 saturated heterocycles. The lowest BCUT2D eigenvalue weighted by Crippen LogP contribution is -2.24. The number of nitrogens with one attached hydrogen (secondary N) is 1. The van der Waals surface area contributed by atoms with Gasteiger partial charge in [0.15, 0.2) is 17.8 Å². The first-order chi connectivity index (χ1) is 8.79. The highest BCUT2D eigenvalue weighted by molar-refractivity contribution is 6.09. The molecule has 0 spiro atoms. The summed E-state index contributed by atoms with van der Waals surface area (Å²) in [6.07, 6.45) is 0.334. The van der Waals surface area contributed by atoms with Crippen LogP contribution in [0.3, 0.4) is 0 Å². The fourth-order valence-electron chi connectivity index (χ4n) is 1.53. The minimum absolute atomic E-state index is 0.0389. The van der Waals surface area contributed by atoms with Gasteiger partial charge in [-0.2, -0.15) is 0 Å². The Morgan fingerprint density at radius 2 is 1.89 bits per heavy atom. The van der Waals surface area contributed by atoms with E-state index in [0.717, 1.165) is 11.0 Å². The lowest BCUT2D eigenvalue weighted by molar-refractivity contribution is -0.114. The average molecular weight is 266 g/mol. The maximum atomic E-state index is 11.9. The van der Waals surface area contributed by atoms with Gasteiger partial charge in [-0.1, -0.05) is 0 Å². The van der Waals surface area contributed by atoms with Crippen LogP contribution in [0.2, 0.25) is 0 Å². The molecule has 0 aliphatic rings. The summed E-state index contributed by atoms with van der Waals surface area (Å²) >= 11 is 0. The zero-order chi connectivity index (χ0) is 14.7. The molecule has 0 saturated carbocycles. The molecule has 0 atom stereocenters. The maximum absolute atomic E-state index is 11.9. The Morgan fingerprint density at radius 1 is 1.32 bits per heavy atom. The van der Waals surface area contributed by atoms with Crippen molar-refractivity contribution in [1.82, 2.24) is 4.90 Å². The molecule has 1 rings (SSSR count). The third kappa shape index (κ3) is 2.82. The third-order valence-corrected chi connectivity index (χ3v) is 2.37. The van der Waals surface area contributed by atoms with Gasteiger partial charge < -0.3 is 20.4 Å². The number of amides is 2. The highest BCUT2D eigenvalue weighted by Gasteiger charge is 2.24. The van der Waals surface area contributed by atoms with Crippen LogP contribution in [-0.4, -0.2) is 47.3 Å². The number of phenolic OH excluding ortho intramolecular Hbond substituents is 2. The van der Waals surface area contributed by atoms with Gasteiger partial charge in [0.1, 0.15) is 0 Å². The summed E-state index contributed by atoms with van der Waals surface area (Å²) in [6.45, 7) is 1.21. The second-order valence-corrected chi connectivity index (χ2v) is 4.08. The van der Waals surface area contributed by atoms with E-state index in [1.165, 1.54) is 21.0 Å². The smallest absolute Gasteiger partial charge is 0.258 e. The quantitative estimate of drug-likeness (QED) is 0.421. The standard InChI is InChI=1S/C12H14N2O5/c1-6(16)13-8-4-9(17)11(18)10(7(8)5-15)12(19)14(2)3/h4-5,17-18H,1-3H3,(H,13,16). The average Bonchev–Trinajstić information content (AvgIpc) is 2.31. The van der Waals surface area contributed by atoms with Crippen molar-refractivity contribution in [2.75, 3.05) is 19.4 Å². The molecular weight excluding hydrogens is 252 g/mol. The number of hydrogen-bond donors (Lipinski definition) is 3. The van der Waals surface area contributed by atoms with E-state index < -0.39 is 23.3 Å². The van der Waals surface area contributed by atoms with Gasteiger partial charge in [-0.3, -0.25) is 14.4 Å². The van der Waals surface area contributed by atoms with Crippen LogP contribution in [0.4, 0.5) is 5.69 Å². The van der Waals surface area contributed by atoms with E-state index in [4.69, 9.17) is 0 Å². The second kappa shape index (κ2) is 5.38. The number of anilines is 1. The number of benzene rings is 1. The molecule has 3 N–H and O–H groups in total. The molecule has 19 heavy (non-hydrogen) atoms. The van der Waals surface area contributed by atoms with Crippen LogP contribution in [-0.2, 0) is 4.79 Å². The first-order valence-corrected chi connectivity index (χ1v) is 5.33. The SMILES string of the molecule is CC(=O)Nc1cc(O)c(O)c(C(=O)N(C)C)c1C=O. The van der Waals surface area contributed by atoms with Gasteiger partial charge in [0.05, 0.1) is 16.8 Å². The van der Waals surface area contributed by atoms with Gasteiger partial charge in [0.25, 0.3) is 5.91 Å². The lowest BCUT2D eigenvalue weighted by atomic mass is 10.0. The fraction of sp³-hybridized carbons (Fsp3) is 0.250. The fourth-order valence-corrected chi connectivity index (χ4v) is 1.53. The Kier molecular flexibility index (Phi) is 4.11. The summed E-state index contributed by atoms with van der Waals surface area (Å²) < 4.78 is 0. The number of phenols is 2. The van der Waals surface area contributed by atoms with Crippen molar-refractivity contribution in [3.8, 4) is 11.5 Å². The van der Waals surface area contributed by atoms with Crippen molar-refractivity contribution in [3.63, 3.8) is 0 Å². The minimum Gasteiger partial charge on any atom is -0.504 e. The van der Waals surface area contributed by atoms with Gasteiger partial charge in [-0.15, -0.1) is 0 Å². The van der Waals surface area contributed by atoms with Gasteiger partial charge in [-0.25, -0.2) is 0 Å². The molecule has 0 aromatic heterocycles. The molecular formula is C12H14N2O5. The van der Waals surface area contributed by atoms with E-state index in [2.05, 4.69) is 5.32 Å². The van der Waals surface area contributed by atoms with Gasteiger partial charge >= 0.3 is 0 Å². The first kappa shape index (κ1) is 14.5. The summed E-state index contributed by atoms with van der Waals surface area (Å²) in [5, 5.41) is 21.6. The maximum Gasteiger partial charge on any atom is 0.258 e. The van der Waals surface area contributed by atoms with Crippen LogP contribution in [0.5, 0.6) is 11.5 Å². The number of carbonyl (C=O) groups is 3. The number of rotatable bonds is 3. The van der Waals surface area contributed by atoms with E-state index in [-0.39, 0.29) is 16.8 Å². The minimum atomic E-state index is -0.699. The molecule has 2 amide bonds. The summed E-state index contributed by atoms with van der Waals surface area (Å²) in [4.78, 5) is 35.2. The molecule has 0 unspecified atom stereocenters. The summed E-state index contributed by atoms with van der Waals surface area (Å²) in [5.41, 5.74) is -0.587. The Labute approximate surface area is 109 Å². The molecule has 102 valence electrons. The summed E-state index contributed by atoms with van der Waals surface area (Å²) in [7, 11) is 2.86. The molecule has 0 radical (unpaired) electrons. The van der Waals surface area contributed by atoms with Crippen molar-refractivity contribution < 1.29 is 24.6 Å². The molecule has 7 heteroatoms. The van der Waals surface area contributed by atoms with Gasteiger partial charge in [-0.05, 0) is 0 Å². The van der Waals surface area contributed by atoms with Crippen molar-refractivity contribution in [2.24, 2.45) is 0 Å². The molecule has 0 aliphatic heterocycles. The van der Waals surface area contributed by atoms with Crippen LogP contribution < -0.4 is 5.32 Å². The van der Waals surface area contributed by atoms with E-state index in [1.807, 2.05) is 0 Å². The predicted molar refractivity (Wildman–Crippen MR) is 67.5 cm³/mol. The Hall–Kier alpha value is -2.57. The lowest BCUT2D eigenvalue weighted by Gasteiger charge is -2.16. The molecule has 7 nitrogen and oxygen atoms in total. The molecule has 0 heterocycles. The normalized spacial score (nSPS) is 9.84. The zero-order valence-corrected chi connectivity index (χ0v) is 10.7. The van der Waals surface area contributed by atoms with Gasteiger partial charge in [0, 0.05) is 27.1 Å². The monoisotopic (exact) mass is 266 g/mol. The van der Waals surface area contributed by atoms with Crippen molar-refractivity contribution in [3.05, 3.63) is 17.2 Å². The molecule has 1 aromatic carbocycles. The zero-order valence-electron chi connectivity index (χ0n) is 10.7. The molecule has 0 bridgehead atoms. The molecule has 0 fully saturated rings.